The molecular weight excluding hydrogens is 226 g/mol. The molecular formula is C13H19N5. The van der Waals surface area contributed by atoms with Gasteiger partial charge in [0, 0.05) is 11.8 Å². The average molecular weight is 245 g/mol. The lowest BCUT2D eigenvalue weighted by Gasteiger charge is -2.25. The number of fused-ring (bicyclic) bond motifs is 1. The summed E-state index contributed by atoms with van der Waals surface area (Å²) < 4.78 is 1.94. The number of hydrogen-bond acceptors (Lipinski definition) is 4. The lowest BCUT2D eigenvalue weighted by atomic mass is 9.90. The van der Waals surface area contributed by atoms with Crippen LogP contribution in [-0.2, 0) is 5.54 Å². The molecule has 1 saturated carbocycles. The molecule has 0 saturated heterocycles. The number of nitrogens with zero attached hydrogens (tertiary/aromatic N) is 4. The second-order valence-electron chi connectivity index (χ2n) is 5.35. The molecule has 1 fully saturated rings. The topological polar surface area (TPSA) is 69.1 Å². The minimum Gasteiger partial charge on any atom is -0.319 e. The van der Waals surface area contributed by atoms with Crippen molar-refractivity contribution in [2.75, 3.05) is 0 Å². The minimum atomic E-state index is -0.340. The van der Waals surface area contributed by atoms with Gasteiger partial charge < -0.3 is 5.73 Å². The Bertz CT molecular complexity index is 552. The molecule has 18 heavy (non-hydrogen) atoms. The lowest BCUT2D eigenvalue weighted by Crippen LogP contribution is -2.38. The van der Waals surface area contributed by atoms with Crippen LogP contribution in [0, 0.1) is 6.92 Å². The Labute approximate surface area is 106 Å². The number of rotatable bonds is 1. The summed E-state index contributed by atoms with van der Waals surface area (Å²) in [6.45, 7) is 1.96. The van der Waals surface area contributed by atoms with Gasteiger partial charge >= 0.3 is 0 Å². The van der Waals surface area contributed by atoms with Gasteiger partial charge in [0.2, 0.25) is 0 Å². The quantitative estimate of drug-likeness (QED) is 0.779. The Kier molecular flexibility index (Phi) is 2.78. The largest absolute Gasteiger partial charge is 0.319 e. The third-order valence-corrected chi connectivity index (χ3v) is 3.88. The first kappa shape index (κ1) is 11.6. The Morgan fingerprint density at radius 2 is 1.89 bits per heavy atom. The van der Waals surface area contributed by atoms with E-state index in [9.17, 15) is 0 Å². The molecule has 1 aliphatic carbocycles. The molecule has 0 unspecified atom stereocenters. The third kappa shape index (κ3) is 1.88. The molecule has 5 nitrogen and oxygen atoms in total. The summed E-state index contributed by atoms with van der Waals surface area (Å²) in [4.78, 5) is 4.32. The van der Waals surface area contributed by atoms with E-state index in [1.807, 2.05) is 17.4 Å². The van der Waals surface area contributed by atoms with Crippen LogP contribution in [0.5, 0.6) is 0 Å². The van der Waals surface area contributed by atoms with E-state index in [0.717, 1.165) is 30.0 Å². The molecule has 2 aromatic heterocycles. The fourth-order valence-corrected chi connectivity index (χ4v) is 2.81. The SMILES string of the molecule is Cc1cc2nnc(C3(N)CCCCCC3)n2cn1. The monoisotopic (exact) mass is 245 g/mol. The Morgan fingerprint density at radius 3 is 2.61 bits per heavy atom. The summed E-state index contributed by atoms with van der Waals surface area (Å²) in [5.41, 5.74) is 8.03. The van der Waals surface area contributed by atoms with Crippen molar-refractivity contribution in [3.63, 3.8) is 0 Å². The molecule has 0 spiro atoms. The smallest absolute Gasteiger partial charge is 0.163 e. The first-order valence-electron chi connectivity index (χ1n) is 6.66. The molecule has 3 rings (SSSR count). The van der Waals surface area contributed by atoms with Gasteiger partial charge in [0.25, 0.3) is 0 Å². The molecule has 0 bridgehead atoms. The maximum Gasteiger partial charge on any atom is 0.163 e. The molecule has 5 heteroatoms. The van der Waals surface area contributed by atoms with E-state index < -0.39 is 0 Å². The molecule has 1 aliphatic rings. The zero-order chi connectivity index (χ0) is 12.6. The van der Waals surface area contributed by atoms with E-state index >= 15 is 0 Å². The van der Waals surface area contributed by atoms with Gasteiger partial charge in [0.15, 0.2) is 11.5 Å². The summed E-state index contributed by atoms with van der Waals surface area (Å²) >= 11 is 0. The van der Waals surface area contributed by atoms with Gasteiger partial charge in [-0.1, -0.05) is 25.7 Å². The minimum absolute atomic E-state index is 0.340. The Hall–Kier alpha value is -1.49. The Balaban J connectivity index is 2.07. The van der Waals surface area contributed by atoms with E-state index in [1.54, 1.807) is 6.33 Å². The first-order chi connectivity index (χ1) is 8.69. The molecule has 0 atom stereocenters. The summed E-state index contributed by atoms with van der Waals surface area (Å²) in [5.74, 6) is 0.868. The number of nitrogens with two attached hydrogens (primary N) is 1. The van der Waals surface area contributed by atoms with Crippen molar-refractivity contribution in [3.8, 4) is 0 Å². The molecule has 2 heterocycles. The number of hydrogen-bond donors (Lipinski definition) is 1. The molecule has 2 aromatic rings. The summed E-state index contributed by atoms with van der Waals surface area (Å²) in [6.07, 6.45) is 8.65. The average Bonchev–Trinajstić information content (AvgIpc) is 2.65. The van der Waals surface area contributed by atoms with Gasteiger partial charge in [-0.15, -0.1) is 10.2 Å². The highest BCUT2D eigenvalue weighted by atomic mass is 15.3. The van der Waals surface area contributed by atoms with Crippen LogP contribution < -0.4 is 5.73 Å². The van der Waals surface area contributed by atoms with Crippen molar-refractivity contribution in [3.05, 3.63) is 23.9 Å². The fourth-order valence-electron chi connectivity index (χ4n) is 2.81. The van der Waals surface area contributed by atoms with Crippen LogP contribution in [0.15, 0.2) is 12.4 Å². The van der Waals surface area contributed by atoms with Crippen molar-refractivity contribution in [1.82, 2.24) is 19.6 Å². The van der Waals surface area contributed by atoms with Gasteiger partial charge in [-0.3, -0.25) is 4.40 Å². The van der Waals surface area contributed by atoms with Gasteiger partial charge in [-0.2, -0.15) is 0 Å². The van der Waals surface area contributed by atoms with Crippen LogP contribution in [-0.4, -0.2) is 19.6 Å². The molecule has 0 aromatic carbocycles. The van der Waals surface area contributed by atoms with Gasteiger partial charge in [-0.25, -0.2) is 4.98 Å². The van der Waals surface area contributed by atoms with Gasteiger partial charge in [0.05, 0.1) is 5.54 Å². The highest BCUT2D eigenvalue weighted by Crippen LogP contribution is 2.32. The zero-order valence-electron chi connectivity index (χ0n) is 10.8. The van der Waals surface area contributed by atoms with Crippen LogP contribution in [0.2, 0.25) is 0 Å². The second kappa shape index (κ2) is 4.31. The van der Waals surface area contributed by atoms with Crippen molar-refractivity contribution < 1.29 is 0 Å². The van der Waals surface area contributed by atoms with Crippen LogP contribution in [0.25, 0.3) is 5.65 Å². The van der Waals surface area contributed by atoms with E-state index in [-0.39, 0.29) is 5.54 Å². The summed E-state index contributed by atoms with van der Waals surface area (Å²) in [5, 5.41) is 8.54. The van der Waals surface area contributed by atoms with Gasteiger partial charge in [-0.05, 0) is 19.8 Å². The number of aromatic nitrogens is 4. The van der Waals surface area contributed by atoms with Gasteiger partial charge in [0.1, 0.15) is 6.33 Å². The highest BCUT2D eigenvalue weighted by molar-refractivity contribution is 5.39. The zero-order valence-corrected chi connectivity index (χ0v) is 10.8. The standard InChI is InChI=1S/C13H19N5/c1-10-8-11-16-17-12(18(11)9-15-10)13(14)6-4-2-3-5-7-13/h8-9H,2-7,14H2,1H3. The molecule has 96 valence electrons. The van der Waals surface area contributed by atoms with E-state index in [2.05, 4.69) is 15.2 Å². The van der Waals surface area contributed by atoms with Crippen molar-refractivity contribution in [2.24, 2.45) is 5.73 Å². The van der Waals surface area contributed by atoms with E-state index in [4.69, 9.17) is 5.73 Å². The van der Waals surface area contributed by atoms with Crippen LogP contribution >= 0.6 is 0 Å². The predicted molar refractivity (Wildman–Crippen MR) is 69.1 cm³/mol. The second-order valence-corrected chi connectivity index (χ2v) is 5.35. The molecule has 0 radical (unpaired) electrons. The summed E-state index contributed by atoms with van der Waals surface area (Å²) in [6, 6.07) is 1.94. The molecule has 0 aliphatic heterocycles. The van der Waals surface area contributed by atoms with E-state index in [1.165, 1.54) is 25.7 Å². The van der Waals surface area contributed by atoms with Crippen LogP contribution in [0.4, 0.5) is 0 Å². The predicted octanol–water partition coefficient (Wildman–Crippen LogP) is 1.94. The third-order valence-electron chi connectivity index (χ3n) is 3.88. The van der Waals surface area contributed by atoms with Crippen molar-refractivity contribution >= 4 is 5.65 Å². The lowest BCUT2D eigenvalue weighted by molar-refractivity contribution is 0.359. The maximum atomic E-state index is 6.58. The van der Waals surface area contributed by atoms with E-state index in [0.29, 0.717) is 0 Å². The Morgan fingerprint density at radius 1 is 1.17 bits per heavy atom. The highest BCUT2D eigenvalue weighted by Gasteiger charge is 2.33. The molecule has 2 N–H and O–H groups in total. The van der Waals surface area contributed by atoms with Crippen LogP contribution in [0.1, 0.15) is 50.0 Å². The number of aryl methyl sites for hydroxylation is 1. The van der Waals surface area contributed by atoms with Crippen LogP contribution in [0.3, 0.4) is 0 Å². The summed E-state index contributed by atoms with van der Waals surface area (Å²) in [7, 11) is 0. The normalized spacial score (nSPS) is 19.9. The van der Waals surface area contributed by atoms with Crippen molar-refractivity contribution in [2.45, 2.75) is 51.0 Å². The van der Waals surface area contributed by atoms with Crippen molar-refractivity contribution in [1.29, 1.82) is 0 Å². The maximum absolute atomic E-state index is 6.58. The molecule has 0 amide bonds. The fraction of sp³-hybridized carbons (Fsp3) is 0.615. The first-order valence-corrected chi connectivity index (χ1v) is 6.66.